The Bertz CT molecular complexity index is 1380. The summed E-state index contributed by atoms with van der Waals surface area (Å²) >= 11 is 1.35. The van der Waals surface area contributed by atoms with Gasteiger partial charge in [-0.05, 0) is 24.6 Å². The predicted molar refractivity (Wildman–Crippen MR) is 152 cm³/mol. The van der Waals surface area contributed by atoms with Crippen molar-refractivity contribution in [2.75, 3.05) is 26.2 Å². The largest absolute Gasteiger partial charge is 0.494 e. The lowest BCUT2D eigenvalue weighted by atomic mass is 10.1. The molecule has 0 radical (unpaired) electrons. The summed E-state index contributed by atoms with van der Waals surface area (Å²) in [5.41, 5.74) is 3.87. The quantitative estimate of drug-likeness (QED) is 0.272. The number of nitrogens with zero attached hydrogens (tertiary/aromatic N) is 3. The molecular formula is C31H31N3O4S. The third kappa shape index (κ3) is 6.83. The van der Waals surface area contributed by atoms with Gasteiger partial charge in [0.2, 0.25) is 0 Å². The number of rotatable bonds is 8. The van der Waals surface area contributed by atoms with Crippen LogP contribution in [0.15, 0.2) is 90.3 Å². The molecule has 1 aliphatic heterocycles. The van der Waals surface area contributed by atoms with Crippen molar-refractivity contribution in [2.24, 2.45) is 0 Å². The molecular weight excluding hydrogens is 510 g/mol. The predicted octanol–water partition coefficient (Wildman–Crippen LogP) is 6.05. The van der Waals surface area contributed by atoms with Crippen LogP contribution in [-0.2, 0) is 11.3 Å². The van der Waals surface area contributed by atoms with E-state index in [1.54, 1.807) is 4.90 Å². The molecule has 1 saturated heterocycles. The van der Waals surface area contributed by atoms with Crippen molar-refractivity contribution in [3.05, 3.63) is 106 Å². The van der Waals surface area contributed by atoms with Gasteiger partial charge < -0.3 is 19.3 Å². The molecule has 2 heterocycles. The van der Waals surface area contributed by atoms with E-state index in [9.17, 15) is 9.59 Å². The molecule has 1 aromatic heterocycles. The Morgan fingerprint density at radius 1 is 0.949 bits per heavy atom. The minimum atomic E-state index is -0.379. The van der Waals surface area contributed by atoms with Crippen molar-refractivity contribution in [1.29, 1.82) is 0 Å². The Morgan fingerprint density at radius 3 is 2.41 bits per heavy atom. The van der Waals surface area contributed by atoms with Crippen LogP contribution in [0, 0.1) is 6.92 Å². The van der Waals surface area contributed by atoms with E-state index >= 15 is 0 Å². The van der Waals surface area contributed by atoms with Crippen LogP contribution in [0.2, 0.25) is 0 Å². The van der Waals surface area contributed by atoms with Crippen LogP contribution >= 0.6 is 11.3 Å². The number of para-hydroxylation sites is 1. The molecule has 3 aromatic carbocycles. The summed E-state index contributed by atoms with van der Waals surface area (Å²) in [5.74, 6) is 0.647. The molecule has 0 bridgehead atoms. The van der Waals surface area contributed by atoms with Crippen molar-refractivity contribution in [3.63, 3.8) is 0 Å². The van der Waals surface area contributed by atoms with Crippen molar-refractivity contribution in [3.8, 4) is 17.0 Å². The first-order valence-electron chi connectivity index (χ1n) is 13.0. The summed E-state index contributed by atoms with van der Waals surface area (Å²) < 4.78 is 11.5. The number of carbonyl (C=O) groups excluding carboxylic acids is 2. The Balaban J connectivity index is 1.27. The van der Waals surface area contributed by atoms with Gasteiger partial charge in [0.15, 0.2) is 5.01 Å². The number of hydrogen-bond acceptors (Lipinski definition) is 6. The van der Waals surface area contributed by atoms with E-state index < -0.39 is 0 Å². The normalized spacial score (nSPS) is 15.2. The molecule has 200 valence electrons. The third-order valence-electron chi connectivity index (χ3n) is 6.70. The average molecular weight is 542 g/mol. The minimum absolute atomic E-state index is 0.125. The number of hydrogen-bond donors (Lipinski definition) is 0. The third-order valence-corrected chi connectivity index (χ3v) is 7.53. The SMILES string of the molecule is Cc1ccc(-c2csc(C(=O)N3CCN(C(=O)OCc4ccccc4)C[C@@H]3CCOc3ccccc3)n2)cc1. The Labute approximate surface area is 232 Å². The Morgan fingerprint density at radius 2 is 1.67 bits per heavy atom. The van der Waals surface area contributed by atoms with Crippen LogP contribution in [0.1, 0.15) is 27.3 Å². The maximum absolute atomic E-state index is 13.6. The molecule has 1 fully saturated rings. The van der Waals surface area contributed by atoms with E-state index in [0.29, 0.717) is 37.7 Å². The molecule has 1 aliphatic rings. The standard InChI is InChI=1S/C31H31N3O4S/c1-23-12-14-25(15-13-23)28-22-39-29(32-28)30(35)34-18-17-33(31(36)38-21-24-8-4-2-5-9-24)20-26(34)16-19-37-27-10-6-3-7-11-27/h2-15,22,26H,16-21H2,1H3/t26-/m0/s1. The average Bonchev–Trinajstić information content (AvgIpc) is 3.47. The Hall–Kier alpha value is -4.17. The van der Waals surface area contributed by atoms with Gasteiger partial charge >= 0.3 is 6.09 Å². The van der Waals surface area contributed by atoms with Crippen LogP contribution in [0.4, 0.5) is 4.79 Å². The van der Waals surface area contributed by atoms with E-state index in [1.807, 2.05) is 102 Å². The highest BCUT2D eigenvalue weighted by Gasteiger charge is 2.34. The van der Waals surface area contributed by atoms with E-state index in [4.69, 9.17) is 9.47 Å². The zero-order chi connectivity index (χ0) is 27.0. The number of benzene rings is 3. The lowest BCUT2D eigenvalue weighted by molar-refractivity contribution is 0.0321. The number of amides is 2. The molecule has 2 amide bonds. The van der Waals surface area contributed by atoms with E-state index in [-0.39, 0.29) is 24.6 Å². The first-order valence-corrected chi connectivity index (χ1v) is 13.9. The first-order chi connectivity index (χ1) is 19.1. The maximum Gasteiger partial charge on any atom is 0.410 e. The lowest BCUT2D eigenvalue weighted by Gasteiger charge is -2.40. The van der Waals surface area contributed by atoms with Gasteiger partial charge in [-0.25, -0.2) is 9.78 Å². The zero-order valence-corrected chi connectivity index (χ0v) is 22.7. The summed E-state index contributed by atoms with van der Waals surface area (Å²) in [7, 11) is 0. The van der Waals surface area contributed by atoms with Crippen molar-refractivity contribution >= 4 is 23.3 Å². The van der Waals surface area contributed by atoms with Crippen LogP contribution in [0.5, 0.6) is 5.75 Å². The molecule has 0 aliphatic carbocycles. The second-order valence-corrected chi connectivity index (χ2v) is 10.4. The minimum Gasteiger partial charge on any atom is -0.494 e. The lowest BCUT2D eigenvalue weighted by Crippen LogP contribution is -2.57. The maximum atomic E-state index is 13.6. The highest BCUT2D eigenvalue weighted by Crippen LogP contribution is 2.25. The highest BCUT2D eigenvalue weighted by molar-refractivity contribution is 7.12. The summed E-state index contributed by atoms with van der Waals surface area (Å²) in [6.07, 6.45) is 0.190. The van der Waals surface area contributed by atoms with Crippen molar-refractivity contribution in [1.82, 2.24) is 14.8 Å². The molecule has 8 heteroatoms. The first kappa shape index (κ1) is 26.4. The topological polar surface area (TPSA) is 72.0 Å². The molecule has 4 aromatic rings. The molecule has 1 atom stereocenters. The number of aromatic nitrogens is 1. The summed E-state index contributed by atoms with van der Waals surface area (Å²) in [6.45, 7) is 3.83. The van der Waals surface area contributed by atoms with Crippen LogP contribution in [-0.4, -0.2) is 59.1 Å². The molecule has 0 N–H and O–H groups in total. The smallest absolute Gasteiger partial charge is 0.410 e. The van der Waals surface area contributed by atoms with Gasteiger partial charge in [-0.15, -0.1) is 11.3 Å². The number of carbonyl (C=O) groups is 2. The number of aryl methyl sites for hydroxylation is 1. The molecule has 0 spiro atoms. The van der Waals surface area contributed by atoms with E-state index in [0.717, 1.165) is 22.6 Å². The Kier molecular flexibility index (Phi) is 8.53. The van der Waals surface area contributed by atoms with Gasteiger partial charge in [0.1, 0.15) is 12.4 Å². The van der Waals surface area contributed by atoms with E-state index in [2.05, 4.69) is 4.98 Å². The fourth-order valence-corrected chi connectivity index (χ4v) is 5.31. The van der Waals surface area contributed by atoms with Gasteiger partial charge in [-0.1, -0.05) is 78.4 Å². The molecule has 0 saturated carbocycles. The second-order valence-electron chi connectivity index (χ2n) is 9.49. The van der Waals surface area contributed by atoms with Crippen LogP contribution in [0.3, 0.4) is 0 Å². The number of ether oxygens (including phenoxy) is 2. The van der Waals surface area contributed by atoms with Gasteiger partial charge in [-0.2, -0.15) is 0 Å². The summed E-state index contributed by atoms with van der Waals surface area (Å²) in [5, 5.41) is 2.36. The number of piperazine rings is 1. The van der Waals surface area contributed by atoms with E-state index in [1.165, 1.54) is 16.9 Å². The van der Waals surface area contributed by atoms with Gasteiger partial charge in [0.25, 0.3) is 5.91 Å². The van der Waals surface area contributed by atoms with Crippen LogP contribution in [0.25, 0.3) is 11.3 Å². The fraction of sp³-hybridized carbons (Fsp3) is 0.258. The molecule has 5 rings (SSSR count). The molecule has 39 heavy (non-hydrogen) atoms. The van der Waals surface area contributed by atoms with Gasteiger partial charge in [0, 0.05) is 37.0 Å². The van der Waals surface area contributed by atoms with Crippen LogP contribution < -0.4 is 4.74 Å². The highest BCUT2D eigenvalue weighted by atomic mass is 32.1. The van der Waals surface area contributed by atoms with Crippen molar-refractivity contribution < 1.29 is 19.1 Å². The monoisotopic (exact) mass is 541 g/mol. The molecule has 7 nitrogen and oxygen atoms in total. The fourth-order valence-electron chi connectivity index (χ4n) is 4.53. The molecule has 0 unspecified atom stereocenters. The number of thiazole rings is 1. The second kappa shape index (κ2) is 12.6. The van der Waals surface area contributed by atoms with Gasteiger partial charge in [0.05, 0.1) is 18.3 Å². The summed E-state index contributed by atoms with van der Waals surface area (Å²) in [6, 6.07) is 27.1. The zero-order valence-electron chi connectivity index (χ0n) is 21.9. The van der Waals surface area contributed by atoms with Crippen molar-refractivity contribution in [2.45, 2.75) is 26.0 Å². The summed E-state index contributed by atoms with van der Waals surface area (Å²) in [4.78, 5) is 34.7. The van der Waals surface area contributed by atoms with Gasteiger partial charge in [-0.3, -0.25) is 4.79 Å².